The highest BCUT2D eigenvalue weighted by atomic mass is 32.1. The van der Waals surface area contributed by atoms with Crippen LogP contribution in [-0.4, -0.2) is 18.1 Å². The average molecular weight is 299 g/mol. The fourth-order valence-corrected chi connectivity index (χ4v) is 2.94. The number of thiophene rings is 1. The van der Waals surface area contributed by atoms with Crippen LogP contribution in [-0.2, 0) is 11.3 Å². The monoisotopic (exact) mass is 299 g/mol. The van der Waals surface area contributed by atoms with Crippen LogP contribution in [0, 0.1) is 0 Å². The first-order valence-corrected chi connectivity index (χ1v) is 7.21. The van der Waals surface area contributed by atoms with Crippen LogP contribution in [0.25, 0.3) is 10.1 Å². The number of hydrogen-bond acceptors (Lipinski definition) is 5. The van der Waals surface area contributed by atoms with Gasteiger partial charge in [0, 0.05) is 10.9 Å². The summed E-state index contributed by atoms with van der Waals surface area (Å²) >= 11 is 1.43. The second kappa shape index (κ2) is 5.93. The van der Waals surface area contributed by atoms with Crippen LogP contribution in [0.2, 0.25) is 0 Å². The van der Waals surface area contributed by atoms with Gasteiger partial charge in [-0.15, -0.1) is 11.3 Å². The van der Waals surface area contributed by atoms with Crippen molar-refractivity contribution >= 4 is 27.4 Å². The maximum Gasteiger partial charge on any atom is 0.348 e. The summed E-state index contributed by atoms with van der Waals surface area (Å²) in [6.45, 7) is 0.463. The van der Waals surface area contributed by atoms with Crippen LogP contribution < -0.4 is 4.74 Å². The first-order valence-electron chi connectivity index (χ1n) is 6.40. The van der Waals surface area contributed by atoms with E-state index in [9.17, 15) is 4.79 Å². The molecule has 0 saturated carbocycles. The van der Waals surface area contributed by atoms with E-state index >= 15 is 0 Å². The third-order valence-electron chi connectivity index (χ3n) is 3.01. The summed E-state index contributed by atoms with van der Waals surface area (Å²) in [5.41, 5.74) is 1.04. The van der Waals surface area contributed by atoms with E-state index in [1.54, 1.807) is 12.4 Å². The van der Waals surface area contributed by atoms with Crippen LogP contribution in [0.3, 0.4) is 0 Å². The van der Waals surface area contributed by atoms with Crippen LogP contribution in [0.15, 0.2) is 48.8 Å². The van der Waals surface area contributed by atoms with E-state index in [0.717, 1.165) is 21.4 Å². The van der Waals surface area contributed by atoms with E-state index in [0.29, 0.717) is 11.5 Å². The van der Waals surface area contributed by atoms with Crippen molar-refractivity contribution in [1.29, 1.82) is 0 Å². The number of nitrogens with zero attached hydrogens (tertiary/aromatic N) is 1. The van der Waals surface area contributed by atoms with Crippen LogP contribution in [0.1, 0.15) is 15.2 Å². The van der Waals surface area contributed by atoms with Crippen molar-refractivity contribution < 1.29 is 14.3 Å². The van der Waals surface area contributed by atoms with Gasteiger partial charge in [-0.05, 0) is 41.3 Å². The van der Waals surface area contributed by atoms with E-state index in [4.69, 9.17) is 9.47 Å². The number of rotatable bonds is 4. The van der Waals surface area contributed by atoms with Gasteiger partial charge in [-0.2, -0.15) is 0 Å². The second-order valence-corrected chi connectivity index (χ2v) is 5.54. The number of hydrogen-bond donors (Lipinski definition) is 0. The fraction of sp³-hybridized carbons (Fsp3) is 0.125. The van der Waals surface area contributed by atoms with E-state index < -0.39 is 0 Å². The Morgan fingerprint density at radius 1 is 1.29 bits per heavy atom. The molecule has 4 nitrogen and oxygen atoms in total. The third kappa shape index (κ3) is 3.03. The van der Waals surface area contributed by atoms with E-state index in [-0.39, 0.29) is 5.97 Å². The van der Waals surface area contributed by atoms with Gasteiger partial charge in [-0.1, -0.05) is 6.07 Å². The highest BCUT2D eigenvalue weighted by Crippen LogP contribution is 2.27. The second-order valence-electron chi connectivity index (χ2n) is 4.45. The van der Waals surface area contributed by atoms with Gasteiger partial charge in [0.2, 0.25) is 0 Å². The molecule has 0 saturated heterocycles. The zero-order chi connectivity index (χ0) is 14.7. The van der Waals surface area contributed by atoms with Crippen molar-refractivity contribution in [3.8, 4) is 5.75 Å². The Morgan fingerprint density at radius 2 is 2.19 bits per heavy atom. The first kappa shape index (κ1) is 13.6. The lowest BCUT2D eigenvalue weighted by atomic mass is 10.2. The molecule has 2 aromatic heterocycles. The molecule has 0 fully saturated rings. The molecule has 0 N–H and O–H groups in total. The molecule has 0 spiro atoms. The summed E-state index contributed by atoms with van der Waals surface area (Å²) in [7, 11) is 1.39. The first-order chi connectivity index (χ1) is 10.3. The molecule has 0 bridgehead atoms. The van der Waals surface area contributed by atoms with Crippen LogP contribution in [0.4, 0.5) is 0 Å². The molecule has 0 aliphatic rings. The Bertz CT molecular complexity index is 768. The predicted molar refractivity (Wildman–Crippen MR) is 81.7 cm³/mol. The summed E-state index contributed by atoms with van der Waals surface area (Å²) in [6, 6.07) is 11.6. The standard InChI is InChI=1S/C16H13NO3S/c1-19-16(18)15-8-12-7-11(4-5-14(12)21-15)10-20-13-3-2-6-17-9-13/h2-9H,10H2,1H3. The Labute approximate surface area is 126 Å². The van der Waals surface area contributed by atoms with Gasteiger partial charge in [0.25, 0.3) is 0 Å². The normalized spacial score (nSPS) is 10.5. The zero-order valence-corrected chi connectivity index (χ0v) is 12.2. The van der Waals surface area contributed by atoms with Crippen molar-refractivity contribution in [2.75, 3.05) is 7.11 Å². The number of aromatic nitrogens is 1. The van der Waals surface area contributed by atoms with Gasteiger partial charge in [-0.25, -0.2) is 4.79 Å². The lowest BCUT2D eigenvalue weighted by Gasteiger charge is -2.05. The molecule has 3 rings (SSSR count). The summed E-state index contributed by atoms with van der Waals surface area (Å²) in [4.78, 5) is 16.1. The number of carbonyl (C=O) groups excluding carboxylic acids is 1. The number of fused-ring (bicyclic) bond motifs is 1. The fourth-order valence-electron chi connectivity index (χ4n) is 1.98. The minimum absolute atomic E-state index is 0.302. The molecule has 0 amide bonds. The quantitative estimate of drug-likeness (QED) is 0.690. The number of carbonyl (C=O) groups is 1. The van der Waals surface area contributed by atoms with Crippen LogP contribution in [0.5, 0.6) is 5.75 Å². The Hall–Kier alpha value is -2.40. The number of pyridine rings is 1. The molecule has 21 heavy (non-hydrogen) atoms. The molecule has 0 radical (unpaired) electrons. The Morgan fingerprint density at radius 3 is 2.95 bits per heavy atom. The van der Waals surface area contributed by atoms with Crippen molar-refractivity contribution in [2.24, 2.45) is 0 Å². The highest BCUT2D eigenvalue weighted by Gasteiger charge is 2.10. The third-order valence-corrected chi connectivity index (χ3v) is 4.10. The number of benzene rings is 1. The molecule has 0 atom stereocenters. The highest BCUT2D eigenvalue weighted by molar-refractivity contribution is 7.20. The molecule has 2 heterocycles. The Balaban J connectivity index is 1.79. The molecule has 0 aliphatic heterocycles. The average Bonchev–Trinajstić information content (AvgIpc) is 2.96. The van der Waals surface area contributed by atoms with Gasteiger partial charge < -0.3 is 9.47 Å². The molecule has 1 aromatic carbocycles. The van der Waals surface area contributed by atoms with Crippen molar-refractivity contribution in [3.05, 3.63) is 59.2 Å². The summed E-state index contributed by atoms with van der Waals surface area (Å²) in [5.74, 6) is 0.433. The van der Waals surface area contributed by atoms with Gasteiger partial charge in [-0.3, -0.25) is 4.98 Å². The molecule has 5 heteroatoms. The van der Waals surface area contributed by atoms with E-state index in [1.807, 2.05) is 36.4 Å². The lowest BCUT2D eigenvalue weighted by molar-refractivity contribution is 0.0606. The van der Waals surface area contributed by atoms with E-state index in [1.165, 1.54) is 18.4 Å². The minimum Gasteiger partial charge on any atom is -0.487 e. The molecular formula is C16H13NO3S. The Kier molecular flexibility index (Phi) is 3.83. The van der Waals surface area contributed by atoms with Gasteiger partial charge >= 0.3 is 5.97 Å². The van der Waals surface area contributed by atoms with Crippen molar-refractivity contribution in [3.63, 3.8) is 0 Å². The summed E-state index contributed by atoms with van der Waals surface area (Å²) < 4.78 is 11.5. The maximum atomic E-state index is 11.5. The van der Waals surface area contributed by atoms with Crippen molar-refractivity contribution in [2.45, 2.75) is 6.61 Å². The molecular weight excluding hydrogens is 286 g/mol. The molecule has 0 unspecified atom stereocenters. The number of methoxy groups -OCH3 is 1. The number of ether oxygens (including phenoxy) is 2. The summed E-state index contributed by atoms with van der Waals surface area (Å²) in [5, 5.41) is 1.02. The topological polar surface area (TPSA) is 48.4 Å². The molecule has 3 aromatic rings. The predicted octanol–water partition coefficient (Wildman–Crippen LogP) is 3.66. The van der Waals surface area contributed by atoms with Crippen molar-refractivity contribution in [1.82, 2.24) is 4.98 Å². The SMILES string of the molecule is COC(=O)c1cc2cc(COc3cccnc3)ccc2s1. The largest absolute Gasteiger partial charge is 0.487 e. The van der Waals surface area contributed by atoms with Gasteiger partial charge in [0.15, 0.2) is 0 Å². The lowest BCUT2D eigenvalue weighted by Crippen LogP contribution is -1.96. The van der Waals surface area contributed by atoms with Gasteiger partial charge in [0.05, 0.1) is 13.3 Å². The van der Waals surface area contributed by atoms with Gasteiger partial charge in [0.1, 0.15) is 17.2 Å². The number of esters is 1. The summed E-state index contributed by atoms with van der Waals surface area (Å²) in [6.07, 6.45) is 3.39. The molecule has 106 valence electrons. The van der Waals surface area contributed by atoms with E-state index in [2.05, 4.69) is 4.98 Å². The zero-order valence-electron chi connectivity index (χ0n) is 11.4. The maximum absolute atomic E-state index is 11.5. The smallest absolute Gasteiger partial charge is 0.348 e. The minimum atomic E-state index is -0.302. The molecule has 0 aliphatic carbocycles. The van der Waals surface area contributed by atoms with Crippen LogP contribution >= 0.6 is 11.3 Å².